The van der Waals surface area contributed by atoms with Crippen LogP contribution in [0, 0.1) is 6.92 Å². The van der Waals surface area contributed by atoms with Crippen molar-refractivity contribution in [2.24, 2.45) is 0 Å². The second-order valence-corrected chi connectivity index (χ2v) is 8.20. The Morgan fingerprint density at radius 2 is 1.55 bits per heavy atom. The molecule has 0 saturated carbocycles. The molecule has 1 heterocycles. The minimum absolute atomic E-state index is 0.0244. The molecule has 0 aliphatic carbocycles. The van der Waals surface area contributed by atoms with Gasteiger partial charge >= 0.3 is 0 Å². The molecule has 2 aromatic carbocycles. The van der Waals surface area contributed by atoms with Crippen molar-refractivity contribution in [2.75, 3.05) is 44.6 Å². The quantitative estimate of drug-likeness (QED) is 0.669. The van der Waals surface area contributed by atoms with Crippen LogP contribution in [0.4, 0.5) is 5.69 Å². The van der Waals surface area contributed by atoms with E-state index in [1.807, 2.05) is 55.5 Å². The number of hydrogen-bond acceptors (Lipinski definition) is 4. The highest BCUT2D eigenvalue weighted by Gasteiger charge is 2.20. The third kappa shape index (κ3) is 6.96. The molecule has 0 radical (unpaired) electrons. The van der Waals surface area contributed by atoms with Crippen molar-refractivity contribution in [2.45, 2.75) is 13.5 Å². The molecule has 154 valence electrons. The highest BCUT2D eigenvalue weighted by atomic mass is 79.9. The zero-order chi connectivity index (χ0) is 20.6. The van der Waals surface area contributed by atoms with Crippen molar-refractivity contribution >= 4 is 33.4 Å². The van der Waals surface area contributed by atoms with E-state index < -0.39 is 0 Å². The van der Waals surface area contributed by atoms with Crippen molar-refractivity contribution < 1.29 is 9.59 Å². The van der Waals surface area contributed by atoms with Crippen molar-refractivity contribution in [3.8, 4) is 0 Å². The van der Waals surface area contributed by atoms with E-state index in [2.05, 4.69) is 36.4 Å². The fourth-order valence-electron chi connectivity index (χ4n) is 3.28. The summed E-state index contributed by atoms with van der Waals surface area (Å²) in [4.78, 5) is 28.8. The number of anilines is 1. The Morgan fingerprint density at radius 1 is 0.931 bits per heavy atom. The summed E-state index contributed by atoms with van der Waals surface area (Å²) in [6.07, 6.45) is 0. The number of hydrogen-bond donors (Lipinski definition) is 2. The van der Waals surface area contributed by atoms with E-state index in [-0.39, 0.29) is 11.8 Å². The van der Waals surface area contributed by atoms with Gasteiger partial charge in [0.1, 0.15) is 0 Å². The van der Waals surface area contributed by atoms with Gasteiger partial charge in [-0.2, -0.15) is 0 Å². The summed E-state index contributed by atoms with van der Waals surface area (Å²) in [5.74, 6) is 0.00729. The number of rotatable bonds is 7. The predicted molar refractivity (Wildman–Crippen MR) is 119 cm³/mol. The zero-order valence-corrected chi connectivity index (χ0v) is 18.2. The van der Waals surface area contributed by atoms with E-state index in [0.29, 0.717) is 19.6 Å². The summed E-state index contributed by atoms with van der Waals surface area (Å²) in [7, 11) is 0. The SMILES string of the molecule is Cc1ccc(NC(=O)CN2CCN(CC(=O)NCc3ccccc3)CC2)c(Br)c1. The average molecular weight is 459 g/mol. The third-order valence-electron chi connectivity index (χ3n) is 4.93. The highest BCUT2D eigenvalue weighted by Crippen LogP contribution is 2.23. The van der Waals surface area contributed by atoms with Gasteiger partial charge in [0.05, 0.1) is 18.8 Å². The van der Waals surface area contributed by atoms with Crippen molar-refractivity contribution in [3.63, 3.8) is 0 Å². The summed E-state index contributed by atoms with van der Waals surface area (Å²) in [5, 5.41) is 5.92. The first kappa shape index (κ1) is 21.5. The lowest BCUT2D eigenvalue weighted by Crippen LogP contribution is -2.50. The average Bonchev–Trinajstić information content (AvgIpc) is 2.71. The Balaban J connectivity index is 1.36. The maximum atomic E-state index is 12.3. The van der Waals surface area contributed by atoms with Crippen LogP contribution in [0.3, 0.4) is 0 Å². The summed E-state index contributed by atoms with van der Waals surface area (Å²) >= 11 is 3.49. The fourth-order valence-corrected chi connectivity index (χ4v) is 3.87. The molecule has 0 unspecified atom stereocenters. The highest BCUT2D eigenvalue weighted by molar-refractivity contribution is 9.10. The van der Waals surface area contributed by atoms with Gasteiger partial charge in [0.15, 0.2) is 0 Å². The van der Waals surface area contributed by atoms with Gasteiger partial charge in [-0.15, -0.1) is 0 Å². The molecule has 2 amide bonds. The van der Waals surface area contributed by atoms with Crippen LogP contribution in [0.15, 0.2) is 53.0 Å². The third-order valence-corrected chi connectivity index (χ3v) is 5.59. The zero-order valence-electron chi connectivity index (χ0n) is 16.7. The van der Waals surface area contributed by atoms with Gasteiger partial charge in [-0.05, 0) is 46.1 Å². The largest absolute Gasteiger partial charge is 0.351 e. The molecular weight excluding hydrogens is 432 g/mol. The van der Waals surface area contributed by atoms with Crippen molar-refractivity contribution in [3.05, 3.63) is 64.1 Å². The Bertz CT molecular complexity index is 836. The van der Waals surface area contributed by atoms with Crippen LogP contribution in [0.1, 0.15) is 11.1 Å². The number of carbonyl (C=O) groups excluding carboxylic acids is 2. The molecule has 0 spiro atoms. The Kier molecular flexibility index (Phi) is 7.80. The van der Waals surface area contributed by atoms with Gasteiger partial charge in [0.25, 0.3) is 0 Å². The van der Waals surface area contributed by atoms with Gasteiger partial charge in [0, 0.05) is 37.2 Å². The number of halogens is 1. The van der Waals surface area contributed by atoms with Crippen LogP contribution in [-0.4, -0.2) is 60.9 Å². The normalized spacial score (nSPS) is 15.1. The van der Waals surface area contributed by atoms with Gasteiger partial charge in [0.2, 0.25) is 11.8 Å². The van der Waals surface area contributed by atoms with Gasteiger partial charge < -0.3 is 10.6 Å². The molecule has 2 N–H and O–H groups in total. The lowest BCUT2D eigenvalue weighted by molar-refractivity contribution is -0.123. The van der Waals surface area contributed by atoms with E-state index in [1.54, 1.807) is 0 Å². The van der Waals surface area contributed by atoms with Gasteiger partial charge in [-0.1, -0.05) is 36.4 Å². The first-order chi connectivity index (χ1) is 14.0. The number of aryl methyl sites for hydroxylation is 1. The lowest BCUT2D eigenvalue weighted by Gasteiger charge is -2.33. The second-order valence-electron chi connectivity index (χ2n) is 7.35. The summed E-state index contributed by atoms with van der Waals surface area (Å²) in [6, 6.07) is 15.8. The monoisotopic (exact) mass is 458 g/mol. The number of piperazine rings is 1. The molecule has 0 bridgehead atoms. The van der Waals surface area contributed by atoms with Crippen LogP contribution in [0.25, 0.3) is 0 Å². The molecule has 0 atom stereocenters. The fraction of sp³-hybridized carbons (Fsp3) is 0.364. The standard InChI is InChI=1S/C22H27BrN4O2/c1-17-7-8-20(19(23)13-17)25-22(29)16-27-11-9-26(10-12-27)15-21(28)24-14-18-5-3-2-4-6-18/h2-8,13H,9-12,14-16H2,1H3,(H,24,28)(H,25,29). The van der Waals surface area contributed by atoms with Gasteiger partial charge in [-0.25, -0.2) is 0 Å². The van der Waals surface area contributed by atoms with Crippen molar-refractivity contribution in [1.29, 1.82) is 0 Å². The van der Waals surface area contributed by atoms with Crippen molar-refractivity contribution in [1.82, 2.24) is 15.1 Å². The number of nitrogens with one attached hydrogen (secondary N) is 2. The molecule has 1 saturated heterocycles. The Labute approximate surface area is 180 Å². The van der Waals surface area contributed by atoms with Crippen LogP contribution in [-0.2, 0) is 16.1 Å². The molecule has 1 aliphatic rings. The summed E-state index contributed by atoms with van der Waals surface area (Å²) < 4.78 is 0.886. The predicted octanol–water partition coefficient (Wildman–Crippen LogP) is 2.63. The van der Waals surface area contributed by atoms with E-state index in [4.69, 9.17) is 0 Å². The van der Waals surface area contributed by atoms with Crippen LogP contribution < -0.4 is 10.6 Å². The van der Waals surface area contributed by atoms with Crippen LogP contribution >= 0.6 is 15.9 Å². The summed E-state index contributed by atoms with van der Waals surface area (Å²) in [5.41, 5.74) is 3.02. The van der Waals surface area contributed by atoms with Gasteiger partial charge in [-0.3, -0.25) is 19.4 Å². The van der Waals surface area contributed by atoms with E-state index in [1.165, 1.54) is 0 Å². The molecule has 1 aliphatic heterocycles. The smallest absolute Gasteiger partial charge is 0.238 e. The number of amides is 2. The molecule has 1 fully saturated rings. The molecule has 7 heteroatoms. The Morgan fingerprint density at radius 3 is 2.17 bits per heavy atom. The first-order valence-corrected chi connectivity index (χ1v) is 10.6. The maximum absolute atomic E-state index is 12.3. The number of carbonyl (C=O) groups is 2. The van der Waals surface area contributed by atoms with E-state index in [9.17, 15) is 9.59 Å². The number of benzene rings is 2. The first-order valence-electron chi connectivity index (χ1n) is 9.81. The Hall–Kier alpha value is -2.22. The topological polar surface area (TPSA) is 64.7 Å². The minimum atomic E-state index is -0.0244. The van der Waals surface area contributed by atoms with E-state index >= 15 is 0 Å². The molecular formula is C22H27BrN4O2. The molecule has 3 rings (SSSR count). The van der Waals surface area contributed by atoms with Crippen LogP contribution in [0.5, 0.6) is 0 Å². The second kappa shape index (κ2) is 10.5. The molecule has 6 nitrogen and oxygen atoms in total. The summed E-state index contributed by atoms with van der Waals surface area (Å²) in [6.45, 7) is 6.41. The van der Waals surface area contributed by atoms with E-state index in [0.717, 1.165) is 47.5 Å². The molecule has 0 aromatic heterocycles. The number of nitrogens with zero attached hydrogens (tertiary/aromatic N) is 2. The minimum Gasteiger partial charge on any atom is -0.351 e. The lowest BCUT2D eigenvalue weighted by atomic mass is 10.2. The molecule has 2 aromatic rings. The molecule has 29 heavy (non-hydrogen) atoms. The maximum Gasteiger partial charge on any atom is 0.238 e. The van der Waals surface area contributed by atoms with Crippen LogP contribution in [0.2, 0.25) is 0 Å².